The van der Waals surface area contributed by atoms with Gasteiger partial charge in [-0.05, 0) is 26.7 Å². The van der Waals surface area contributed by atoms with E-state index >= 15 is 0 Å². The number of carbonyl (C=O) groups is 4. The van der Waals surface area contributed by atoms with E-state index in [2.05, 4.69) is 13.8 Å². The minimum atomic E-state index is -1.27. The first-order valence-electron chi connectivity index (χ1n) is 9.01. The molecule has 0 aliphatic rings. The van der Waals surface area contributed by atoms with E-state index < -0.39 is 47.9 Å². The second-order valence-electron chi connectivity index (χ2n) is 5.56. The Morgan fingerprint density at radius 1 is 0.741 bits per heavy atom. The molecule has 0 saturated heterocycles. The third-order valence-electron chi connectivity index (χ3n) is 3.10. The molecule has 27 heavy (non-hydrogen) atoms. The Labute approximate surface area is 174 Å². The molecule has 0 spiro atoms. The summed E-state index contributed by atoms with van der Waals surface area (Å²) in [5, 5.41) is 20.1. The van der Waals surface area contributed by atoms with E-state index in [1.807, 2.05) is 0 Å². The van der Waals surface area contributed by atoms with Crippen LogP contribution in [0.25, 0.3) is 0 Å². The predicted molar refractivity (Wildman–Crippen MR) is 91.4 cm³/mol. The molecule has 2 atom stereocenters. The summed E-state index contributed by atoms with van der Waals surface area (Å²) in [5.74, 6) is -5.04. The van der Waals surface area contributed by atoms with Crippen LogP contribution in [0.3, 0.4) is 0 Å². The second-order valence-corrected chi connectivity index (χ2v) is 7.39. The third-order valence-corrected chi connectivity index (χ3v) is 4.68. The number of carboxylic acid groups (broad SMARTS) is 2. The van der Waals surface area contributed by atoms with Crippen molar-refractivity contribution < 1.29 is 59.1 Å². The second kappa shape index (κ2) is 21.4. The number of carboxylic acids is 2. The van der Waals surface area contributed by atoms with Crippen LogP contribution in [0.1, 0.15) is 67.2 Å². The van der Waals surface area contributed by atoms with Crippen molar-refractivity contribution in [3.63, 3.8) is 0 Å². The number of aliphatic carboxylic acids is 2. The van der Waals surface area contributed by atoms with Gasteiger partial charge in [0.25, 0.3) is 0 Å². The summed E-state index contributed by atoms with van der Waals surface area (Å²) < 4.78 is 10.5. The predicted octanol–water partition coefficient (Wildman–Crippen LogP) is 0.455. The van der Waals surface area contributed by atoms with E-state index in [1.165, 1.54) is 13.8 Å². The molecule has 2 unspecified atom stereocenters. The van der Waals surface area contributed by atoms with Crippen LogP contribution in [-0.2, 0) is 48.9 Å². The topological polar surface area (TPSA) is 133 Å². The van der Waals surface area contributed by atoms with Crippen molar-refractivity contribution in [2.24, 2.45) is 11.8 Å². The normalized spacial score (nSPS) is 11.5. The number of hydrogen-bond acceptors (Lipinski definition) is 8. The minimum absolute atomic E-state index is 0.317. The molecule has 9 heteroatoms. The van der Waals surface area contributed by atoms with Crippen LogP contribution in [0.2, 0.25) is 0 Å². The van der Waals surface area contributed by atoms with Crippen LogP contribution in [0, 0.1) is 11.8 Å². The molecule has 0 aromatic heterocycles. The molecular weight excluding hydrogens is 435 g/mol. The monoisotopic (exact) mass is 466 g/mol. The van der Waals surface area contributed by atoms with E-state index in [-0.39, 0.29) is 11.6 Å². The molecule has 0 aliphatic heterocycles. The molecule has 8 nitrogen and oxygen atoms in total. The number of ketones is 2. The van der Waals surface area contributed by atoms with Crippen LogP contribution in [0.5, 0.6) is 0 Å². The van der Waals surface area contributed by atoms with Gasteiger partial charge < -0.3 is 19.8 Å². The Balaban J connectivity index is -0.000000320. The van der Waals surface area contributed by atoms with Crippen molar-refractivity contribution in [3.8, 4) is 0 Å². The third kappa shape index (κ3) is 21.2. The molecule has 0 rings (SSSR count). The van der Waals surface area contributed by atoms with Crippen molar-refractivity contribution in [2.45, 2.75) is 67.2 Å². The van der Waals surface area contributed by atoms with E-state index in [1.54, 1.807) is 13.8 Å². The zero-order valence-corrected chi connectivity index (χ0v) is 19.6. The Bertz CT molecular complexity index is 360. The maximum absolute atomic E-state index is 10.4. The van der Waals surface area contributed by atoms with Crippen molar-refractivity contribution >= 4 is 23.5 Å². The molecule has 0 aliphatic carbocycles. The molecular formula is C18H32O8Zr. The zero-order chi connectivity index (χ0) is 21.8. The maximum atomic E-state index is 10.4. The van der Waals surface area contributed by atoms with Crippen LogP contribution >= 0.6 is 0 Å². The SMILES string of the molecule is CCC(C(C)=O)C(=O)[O-].CCC(C(C)=O)C(=O)[O-].CCC[O][Zr+2][O]CCC. The van der Waals surface area contributed by atoms with Gasteiger partial charge in [-0.1, -0.05) is 13.8 Å². The molecule has 0 amide bonds. The van der Waals surface area contributed by atoms with Crippen LogP contribution in [0.4, 0.5) is 0 Å². The Morgan fingerprint density at radius 2 is 1.04 bits per heavy atom. The molecule has 0 aromatic carbocycles. The average Bonchev–Trinajstić information content (AvgIpc) is 2.55. The summed E-state index contributed by atoms with van der Waals surface area (Å²) in [7, 11) is 0. The van der Waals surface area contributed by atoms with Gasteiger partial charge in [0.05, 0.1) is 23.8 Å². The van der Waals surface area contributed by atoms with Crippen molar-refractivity contribution in [3.05, 3.63) is 0 Å². The van der Waals surface area contributed by atoms with Crippen LogP contribution < -0.4 is 10.2 Å². The van der Waals surface area contributed by atoms with Gasteiger partial charge in [0.1, 0.15) is 11.6 Å². The number of hydrogen-bond donors (Lipinski definition) is 0. The van der Waals surface area contributed by atoms with Crippen LogP contribution in [-0.4, -0.2) is 36.7 Å². The van der Waals surface area contributed by atoms with E-state index in [0.717, 1.165) is 26.1 Å². The fraction of sp³-hybridized carbons (Fsp3) is 0.778. The molecule has 0 fully saturated rings. The van der Waals surface area contributed by atoms with E-state index in [9.17, 15) is 29.4 Å². The van der Waals surface area contributed by atoms with Gasteiger partial charge >= 0.3 is 69.6 Å². The standard InChI is InChI=1S/2C6H10O3.2C3H7O.Zr/c2*1-3-5(4(2)7)6(8)9;2*1-2-3-4;/h2*5H,3H2,1-2H3,(H,8,9);2*2-3H2,1H3;/q;;2*-1;+4/p-2. The first-order valence-corrected chi connectivity index (χ1v) is 11.0. The van der Waals surface area contributed by atoms with Crippen molar-refractivity contribution in [1.29, 1.82) is 0 Å². The van der Waals surface area contributed by atoms with Gasteiger partial charge in [-0.3, -0.25) is 9.59 Å². The molecule has 0 saturated carbocycles. The van der Waals surface area contributed by atoms with Gasteiger partial charge in [0, 0.05) is 0 Å². The number of rotatable bonds is 12. The number of Topliss-reactive ketones (excluding diaryl/α,β-unsaturated/α-hetero) is 2. The molecule has 0 heterocycles. The summed E-state index contributed by atoms with van der Waals surface area (Å²) in [6.07, 6.45) is 2.85. The Hall–Kier alpha value is -0.917. The number of carbonyl (C=O) groups excluding carboxylic acids is 4. The summed E-state index contributed by atoms with van der Waals surface area (Å²) in [6.45, 7) is 11.8. The van der Waals surface area contributed by atoms with Gasteiger partial charge in [-0.25, -0.2) is 0 Å². The summed E-state index contributed by atoms with van der Waals surface area (Å²) >= 11 is -0.851. The van der Waals surface area contributed by atoms with E-state index in [0.29, 0.717) is 12.8 Å². The van der Waals surface area contributed by atoms with Crippen molar-refractivity contribution in [1.82, 2.24) is 0 Å². The molecule has 156 valence electrons. The fourth-order valence-corrected chi connectivity index (χ4v) is 3.19. The summed E-state index contributed by atoms with van der Waals surface area (Å²) in [5.41, 5.74) is 0. The van der Waals surface area contributed by atoms with Gasteiger partial charge in [-0.15, -0.1) is 0 Å². The Morgan fingerprint density at radius 3 is 1.15 bits per heavy atom. The quantitative estimate of drug-likeness (QED) is 0.298. The Kier molecular flexibility index (Phi) is 24.4. The van der Waals surface area contributed by atoms with Crippen LogP contribution in [0.15, 0.2) is 0 Å². The molecule has 0 bridgehead atoms. The average molecular weight is 468 g/mol. The van der Waals surface area contributed by atoms with Crippen molar-refractivity contribution in [2.75, 3.05) is 13.2 Å². The summed E-state index contributed by atoms with van der Waals surface area (Å²) in [6, 6.07) is 0. The van der Waals surface area contributed by atoms with E-state index in [4.69, 9.17) is 5.63 Å². The van der Waals surface area contributed by atoms with Gasteiger partial charge in [-0.2, -0.15) is 0 Å². The zero-order valence-electron chi connectivity index (χ0n) is 17.2. The molecule has 0 N–H and O–H groups in total. The van der Waals surface area contributed by atoms with Gasteiger partial charge in [0.15, 0.2) is 0 Å². The van der Waals surface area contributed by atoms with Gasteiger partial charge in [0.2, 0.25) is 0 Å². The molecule has 0 aromatic rings. The first-order chi connectivity index (χ1) is 12.6. The molecule has 0 radical (unpaired) electrons. The summed E-state index contributed by atoms with van der Waals surface area (Å²) in [4.78, 5) is 40.9. The fourth-order valence-electron chi connectivity index (χ4n) is 1.57. The first kappa shape index (κ1) is 30.8.